The van der Waals surface area contributed by atoms with Crippen LogP contribution in [0.1, 0.15) is 29.8 Å². The van der Waals surface area contributed by atoms with Crippen molar-refractivity contribution in [1.82, 2.24) is 9.80 Å². The van der Waals surface area contributed by atoms with Crippen molar-refractivity contribution in [3.63, 3.8) is 0 Å². The van der Waals surface area contributed by atoms with Gasteiger partial charge in [-0.25, -0.2) is 0 Å². The van der Waals surface area contributed by atoms with E-state index in [1.54, 1.807) is 19.9 Å². The van der Waals surface area contributed by atoms with Crippen LogP contribution in [-0.2, 0) is 4.74 Å². The zero-order chi connectivity index (χ0) is 18.0. The molecule has 0 saturated carbocycles. The SMILES string of the molecule is CN1C[C@@H]2COC[C@H](C1)N(C(=O)c1cccc(C#CC(C)(C)O)c1)C2. The third-order valence-corrected chi connectivity index (χ3v) is 4.53. The predicted octanol–water partition coefficient (Wildman–Crippen LogP) is 1.21. The second-order valence-corrected chi connectivity index (χ2v) is 7.63. The summed E-state index contributed by atoms with van der Waals surface area (Å²) in [6.07, 6.45) is 0. The van der Waals surface area contributed by atoms with Crippen LogP contribution in [0.25, 0.3) is 0 Å². The van der Waals surface area contributed by atoms with Crippen molar-refractivity contribution in [3.8, 4) is 11.8 Å². The number of ether oxygens (including phenoxy) is 1. The molecule has 25 heavy (non-hydrogen) atoms. The molecule has 2 bridgehead atoms. The summed E-state index contributed by atoms with van der Waals surface area (Å²) in [7, 11) is 2.10. The van der Waals surface area contributed by atoms with Gasteiger partial charge in [0, 0.05) is 36.7 Å². The molecule has 1 aromatic rings. The van der Waals surface area contributed by atoms with E-state index < -0.39 is 5.60 Å². The Balaban J connectivity index is 1.84. The number of rotatable bonds is 1. The minimum absolute atomic E-state index is 0.0303. The summed E-state index contributed by atoms with van der Waals surface area (Å²) in [5.74, 6) is 6.11. The molecule has 3 rings (SSSR count). The van der Waals surface area contributed by atoms with Crippen molar-refractivity contribution >= 4 is 5.91 Å². The molecule has 134 valence electrons. The van der Waals surface area contributed by atoms with E-state index in [1.165, 1.54) is 0 Å². The van der Waals surface area contributed by atoms with E-state index in [2.05, 4.69) is 23.8 Å². The molecule has 0 radical (unpaired) electrons. The van der Waals surface area contributed by atoms with Gasteiger partial charge in [-0.1, -0.05) is 17.9 Å². The van der Waals surface area contributed by atoms with Crippen LogP contribution >= 0.6 is 0 Å². The van der Waals surface area contributed by atoms with Crippen LogP contribution in [0.5, 0.6) is 0 Å². The molecule has 2 saturated heterocycles. The van der Waals surface area contributed by atoms with E-state index in [1.807, 2.05) is 23.1 Å². The summed E-state index contributed by atoms with van der Waals surface area (Å²) in [6, 6.07) is 7.41. The number of amides is 1. The highest BCUT2D eigenvalue weighted by Gasteiger charge is 2.35. The Morgan fingerprint density at radius 2 is 2.08 bits per heavy atom. The van der Waals surface area contributed by atoms with Crippen molar-refractivity contribution in [2.75, 3.05) is 39.9 Å². The molecule has 2 fully saturated rings. The Bertz CT molecular complexity index is 699. The first kappa shape index (κ1) is 17.9. The van der Waals surface area contributed by atoms with E-state index in [0.29, 0.717) is 24.7 Å². The molecular weight excluding hydrogens is 316 g/mol. The number of hydrogen-bond donors (Lipinski definition) is 1. The molecule has 1 aromatic carbocycles. The molecule has 1 N–H and O–H groups in total. The molecule has 2 aliphatic rings. The normalized spacial score (nSPS) is 24.2. The summed E-state index contributed by atoms with van der Waals surface area (Å²) in [6.45, 7) is 7.10. The van der Waals surface area contributed by atoms with Crippen molar-refractivity contribution in [1.29, 1.82) is 0 Å². The number of fused-ring (bicyclic) bond motifs is 3. The molecule has 5 nitrogen and oxygen atoms in total. The first-order valence-corrected chi connectivity index (χ1v) is 8.75. The lowest BCUT2D eigenvalue weighted by Crippen LogP contribution is -2.45. The maximum atomic E-state index is 13.1. The highest BCUT2D eigenvalue weighted by molar-refractivity contribution is 5.95. The summed E-state index contributed by atoms with van der Waals surface area (Å²) < 4.78 is 5.76. The zero-order valence-electron chi connectivity index (χ0n) is 15.2. The van der Waals surface area contributed by atoms with Gasteiger partial charge in [0.1, 0.15) is 5.60 Å². The summed E-state index contributed by atoms with van der Waals surface area (Å²) in [5, 5.41) is 9.75. The molecule has 2 atom stereocenters. The zero-order valence-corrected chi connectivity index (χ0v) is 15.2. The van der Waals surface area contributed by atoms with Crippen LogP contribution in [0.4, 0.5) is 0 Å². The van der Waals surface area contributed by atoms with Crippen molar-refractivity contribution in [3.05, 3.63) is 35.4 Å². The van der Waals surface area contributed by atoms with E-state index in [9.17, 15) is 9.90 Å². The van der Waals surface area contributed by atoms with Crippen molar-refractivity contribution in [2.45, 2.75) is 25.5 Å². The monoisotopic (exact) mass is 342 g/mol. The van der Waals surface area contributed by atoms with E-state index in [-0.39, 0.29) is 11.9 Å². The van der Waals surface area contributed by atoms with Crippen LogP contribution in [-0.4, -0.2) is 72.4 Å². The van der Waals surface area contributed by atoms with Crippen LogP contribution in [0.15, 0.2) is 24.3 Å². The third-order valence-electron chi connectivity index (χ3n) is 4.53. The molecule has 1 amide bonds. The maximum Gasteiger partial charge on any atom is 0.254 e. The van der Waals surface area contributed by atoms with Crippen LogP contribution in [0, 0.1) is 17.8 Å². The van der Waals surface area contributed by atoms with E-state index in [0.717, 1.165) is 25.2 Å². The van der Waals surface area contributed by atoms with Gasteiger partial charge in [-0.3, -0.25) is 4.79 Å². The van der Waals surface area contributed by atoms with Gasteiger partial charge in [0.05, 0.1) is 19.3 Å². The van der Waals surface area contributed by atoms with E-state index >= 15 is 0 Å². The lowest BCUT2D eigenvalue weighted by molar-refractivity contribution is 0.0483. The fourth-order valence-corrected chi connectivity index (χ4v) is 3.45. The number of likely N-dealkylation sites (N-methyl/N-ethyl adjacent to an activating group) is 1. The second kappa shape index (κ2) is 7.17. The molecule has 2 aliphatic heterocycles. The Kier molecular flexibility index (Phi) is 5.14. The Morgan fingerprint density at radius 1 is 1.28 bits per heavy atom. The number of benzene rings is 1. The Morgan fingerprint density at radius 3 is 2.84 bits per heavy atom. The molecular formula is C20H26N2O3. The van der Waals surface area contributed by atoms with E-state index in [4.69, 9.17) is 4.74 Å². The topological polar surface area (TPSA) is 53.0 Å². The molecule has 0 aromatic heterocycles. The lowest BCUT2D eigenvalue weighted by Gasteiger charge is -2.29. The molecule has 0 aliphatic carbocycles. The van der Waals surface area contributed by atoms with Gasteiger partial charge in [0.2, 0.25) is 0 Å². The number of carbonyl (C=O) groups is 1. The highest BCUT2D eigenvalue weighted by atomic mass is 16.5. The number of hydrogen-bond acceptors (Lipinski definition) is 4. The standard InChI is InChI=1S/C20H26N2O3/c1-20(2,24)8-7-15-5-4-6-17(9-15)19(23)22-11-16-10-21(3)12-18(22)14-25-13-16/h4-6,9,16,18,24H,10-14H2,1-3H3/t16-,18-/m0/s1. The second-order valence-electron chi connectivity index (χ2n) is 7.63. The predicted molar refractivity (Wildman–Crippen MR) is 96.2 cm³/mol. The van der Waals surface area contributed by atoms with Gasteiger partial charge in [-0.05, 0) is 39.1 Å². The van der Waals surface area contributed by atoms with Gasteiger partial charge < -0.3 is 19.6 Å². The molecule has 0 spiro atoms. The van der Waals surface area contributed by atoms with Crippen LogP contribution < -0.4 is 0 Å². The van der Waals surface area contributed by atoms with Gasteiger partial charge in [0.15, 0.2) is 0 Å². The fraction of sp³-hybridized carbons (Fsp3) is 0.550. The molecule has 2 heterocycles. The van der Waals surface area contributed by atoms with Gasteiger partial charge in [-0.15, -0.1) is 0 Å². The van der Waals surface area contributed by atoms with Crippen LogP contribution in [0.2, 0.25) is 0 Å². The quantitative estimate of drug-likeness (QED) is 0.780. The number of nitrogens with zero attached hydrogens (tertiary/aromatic N) is 2. The largest absolute Gasteiger partial charge is 0.379 e. The maximum absolute atomic E-state index is 13.1. The summed E-state index contributed by atoms with van der Waals surface area (Å²) in [4.78, 5) is 17.4. The Hall–Kier alpha value is -1.87. The van der Waals surface area contributed by atoms with Gasteiger partial charge in [0.25, 0.3) is 5.91 Å². The van der Waals surface area contributed by atoms with Gasteiger partial charge >= 0.3 is 0 Å². The average Bonchev–Trinajstić information content (AvgIpc) is 2.82. The number of carbonyl (C=O) groups excluding carboxylic acids is 1. The third kappa shape index (κ3) is 4.60. The average molecular weight is 342 g/mol. The first-order chi connectivity index (χ1) is 11.8. The minimum Gasteiger partial charge on any atom is -0.379 e. The lowest BCUT2D eigenvalue weighted by atomic mass is 10.1. The smallest absolute Gasteiger partial charge is 0.254 e. The highest BCUT2D eigenvalue weighted by Crippen LogP contribution is 2.21. The first-order valence-electron chi connectivity index (χ1n) is 8.75. The van der Waals surface area contributed by atoms with Gasteiger partial charge in [-0.2, -0.15) is 0 Å². The van der Waals surface area contributed by atoms with Crippen molar-refractivity contribution in [2.24, 2.45) is 5.92 Å². The van der Waals surface area contributed by atoms with Crippen molar-refractivity contribution < 1.29 is 14.6 Å². The molecule has 0 unspecified atom stereocenters. The Labute approximate surface area is 149 Å². The molecule has 5 heteroatoms. The summed E-state index contributed by atoms with van der Waals surface area (Å²) in [5.41, 5.74) is 0.320. The minimum atomic E-state index is -1.05. The summed E-state index contributed by atoms with van der Waals surface area (Å²) >= 11 is 0. The number of aliphatic hydroxyl groups is 1. The van der Waals surface area contributed by atoms with Crippen LogP contribution in [0.3, 0.4) is 0 Å². The fourth-order valence-electron chi connectivity index (χ4n) is 3.45.